The number of nitrogens with zero attached hydrogens (tertiary/aromatic N) is 1. The molecule has 2 unspecified atom stereocenters. The predicted molar refractivity (Wildman–Crippen MR) is 72.4 cm³/mol. The molecule has 3 aliphatic rings. The van der Waals surface area contributed by atoms with Crippen LogP contribution in [0.5, 0.6) is 0 Å². The van der Waals surface area contributed by atoms with E-state index in [0.29, 0.717) is 23.5 Å². The van der Waals surface area contributed by atoms with Crippen molar-refractivity contribution >= 4 is 11.7 Å². The van der Waals surface area contributed by atoms with E-state index >= 15 is 0 Å². The van der Waals surface area contributed by atoms with Crippen molar-refractivity contribution in [2.24, 2.45) is 0 Å². The predicted octanol–water partition coefficient (Wildman–Crippen LogP) is 1.75. The molecule has 3 aliphatic heterocycles. The first-order chi connectivity index (χ1) is 9.24. The van der Waals surface area contributed by atoms with Gasteiger partial charge >= 0.3 is 0 Å². The highest BCUT2D eigenvalue weighted by Crippen LogP contribution is 2.34. The molecular weight excluding hydrogens is 238 g/mol. The number of fused-ring (bicyclic) bond motifs is 3. The smallest absolute Gasteiger partial charge is 0.260 e. The van der Waals surface area contributed by atoms with Gasteiger partial charge in [0, 0.05) is 23.7 Å². The molecular formula is C15H17N3O. The topological polar surface area (TPSA) is 56.2 Å². The molecule has 3 heterocycles. The lowest BCUT2D eigenvalue weighted by molar-refractivity contribution is 0.0781. The van der Waals surface area contributed by atoms with Crippen molar-refractivity contribution in [3.63, 3.8) is 0 Å². The fourth-order valence-corrected chi connectivity index (χ4v) is 3.82. The number of hydrogen-bond acceptors (Lipinski definition) is 3. The quantitative estimate of drug-likeness (QED) is 0.803. The number of benzene rings is 1. The molecule has 0 radical (unpaired) electrons. The second-order valence-corrected chi connectivity index (χ2v) is 5.83. The SMILES string of the molecule is N=C1c2ccccc2C(=O)N1C1CC2CCC(C1)N2. The standard InChI is InChI=1S/C15H17N3O/c16-14-12-3-1-2-4-13(12)15(19)18(14)11-7-9-5-6-10(8-11)17-9/h1-4,9-11,16-17H,5-8H2. The third kappa shape index (κ3) is 1.56. The van der Waals surface area contributed by atoms with Crippen LogP contribution in [0, 0.1) is 5.41 Å². The molecule has 0 aliphatic carbocycles. The molecule has 0 spiro atoms. The second-order valence-electron chi connectivity index (χ2n) is 5.83. The van der Waals surface area contributed by atoms with Gasteiger partial charge in [-0.2, -0.15) is 0 Å². The van der Waals surface area contributed by atoms with Gasteiger partial charge < -0.3 is 5.32 Å². The Labute approximate surface area is 112 Å². The van der Waals surface area contributed by atoms with Gasteiger partial charge in [0.05, 0.1) is 5.56 Å². The Kier molecular flexibility index (Phi) is 2.30. The van der Waals surface area contributed by atoms with E-state index in [9.17, 15) is 4.79 Å². The van der Waals surface area contributed by atoms with Crippen LogP contribution >= 0.6 is 0 Å². The number of amides is 1. The molecule has 0 aromatic heterocycles. The van der Waals surface area contributed by atoms with Gasteiger partial charge in [-0.3, -0.25) is 15.1 Å². The van der Waals surface area contributed by atoms with Gasteiger partial charge in [0.25, 0.3) is 5.91 Å². The molecule has 2 bridgehead atoms. The third-order valence-electron chi connectivity index (χ3n) is 4.69. The van der Waals surface area contributed by atoms with Crippen LogP contribution in [0.15, 0.2) is 24.3 Å². The van der Waals surface area contributed by atoms with Crippen LogP contribution in [0.4, 0.5) is 0 Å². The van der Waals surface area contributed by atoms with Gasteiger partial charge in [-0.1, -0.05) is 18.2 Å². The second kappa shape index (κ2) is 3.90. The van der Waals surface area contributed by atoms with Crippen molar-refractivity contribution in [2.45, 2.75) is 43.8 Å². The van der Waals surface area contributed by atoms with Crippen LogP contribution in [-0.4, -0.2) is 34.8 Å². The highest BCUT2D eigenvalue weighted by atomic mass is 16.2. The summed E-state index contributed by atoms with van der Waals surface area (Å²) in [7, 11) is 0. The summed E-state index contributed by atoms with van der Waals surface area (Å²) in [6.45, 7) is 0. The van der Waals surface area contributed by atoms with E-state index in [1.165, 1.54) is 12.8 Å². The molecule has 0 saturated carbocycles. The molecule has 4 rings (SSSR count). The minimum absolute atomic E-state index is 0.0203. The summed E-state index contributed by atoms with van der Waals surface area (Å²) in [6.07, 6.45) is 4.39. The van der Waals surface area contributed by atoms with E-state index < -0.39 is 0 Å². The number of carbonyl (C=O) groups is 1. The van der Waals surface area contributed by atoms with Gasteiger partial charge in [0.1, 0.15) is 5.84 Å². The zero-order valence-electron chi connectivity index (χ0n) is 10.7. The first-order valence-electron chi connectivity index (χ1n) is 7.01. The minimum Gasteiger partial charge on any atom is -0.311 e. The highest BCUT2D eigenvalue weighted by molar-refractivity contribution is 6.22. The lowest BCUT2D eigenvalue weighted by atomic mass is 9.98. The van der Waals surface area contributed by atoms with Crippen LogP contribution in [0.2, 0.25) is 0 Å². The van der Waals surface area contributed by atoms with Crippen molar-refractivity contribution < 1.29 is 4.79 Å². The van der Waals surface area contributed by atoms with Crippen molar-refractivity contribution in [3.8, 4) is 0 Å². The fraction of sp³-hybridized carbons (Fsp3) is 0.467. The first kappa shape index (κ1) is 11.2. The van der Waals surface area contributed by atoms with Crippen LogP contribution in [0.1, 0.15) is 41.6 Å². The summed E-state index contributed by atoms with van der Waals surface area (Å²) in [5, 5.41) is 11.9. The normalized spacial score (nSPS) is 32.8. The number of rotatable bonds is 1. The average molecular weight is 255 g/mol. The van der Waals surface area contributed by atoms with Crippen molar-refractivity contribution in [1.82, 2.24) is 10.2 Å². The summed E-state index contributed by atoms with van der Waals surface area (Å²) in [4.78, 5) is 14.2. The van der Waals surface area contributed by atoms with E-state index in [1.807, 2.05) is 24.3 Å². The monoisotopic (exact) mass is 255 g/mol. The summed E-state index contributed by atoms with van der Waals surface area (Å²) < 4.78 is 0. The zero-order chi connectivity index (χ0) is 13.0. The van der Waals surface area contributed by atoms with E-state index in [-0.39, 0.29) is 11.9 Å². The Morgan fingerprint density at radius 3 is 2.37 bits per heavy atom. The lowest BCUT2D eigenvalue weighted by Crippen LogP contribution is -2.50. The molecule has 19 heavy (non-hydrogen) atoms. The molecule has 4 nitrogen and oxygen atoms in total. The maximum Gasteiger partial charge on any atom is 0.260 e. The van der Waals surface area contributed by atoms with E-state index in [1.54, 1.807) is 4.90 Å². The van der Waals surface area contributed by atoms with Gasteiger partial charge in [0.15, 0.2) is 0 Å². The molecule has 1 aromatic carbocycles. The van der Waals surface area contributed by atoms with Gasteiger partial charge in [0.2, 0.25) is 0 Å². The number of carbonyl (C=O) groups excluding carboxylic acids is 1. The van der Waals surface area contributed by atoms with E-state index in [0.717, 1.165) is 18.4 Å². The van der Waals surface area contributed by atoms with Gasteiger partial charge in [-0.25, -0.2) is 0 Å². The van der Waals surface area contributed by atoms with Crippen LogP contribution in [0.3, 0.4) is 0 Å². The third-order valence-corrected chi connectivity index (χ3v) is 4.69. The molecule has 98 valence electrons. The number of nitrogens with one attached hydrogen (secondary N) is 2. The average Bonchev–Trinajstić information content (AvgIpc) is 2.89. The van der Waals surface area contributed by atoms with E-state index in [4.69, 9.17) is 5.41 Å². The number of hydrogen-bond donors (Lipinski definition) is 2. The maximum absolute atomic E-state index is 12.5. The first-order valence-corrected chi connectivity index (χ1v) is 7.01. The Hall–Kier alpha value is -1.68. The molecule has 4 heteroatoms. The van der Waals surface area contributed by atoms with Crippen LogP contribution < -0.4 is 5.32 Å². The molecule has 2 saturated heterocycles. The van der Waals surface area contributed by atoms with Crippen LogP contribution in [-0.2, 0) is 0 Å². The van der Waals surface area contributed by atoms with Crippen molar-refractivity contribution in [1.29, 1.82) is 5.41 Å². The Morgan fingerprint density at radius 2 is 1.74 bits per heavy atom. The molecule has 1 aromatic rings. The molecule has 2 atom stereocenters. The molecule has 1 amide bonds. The summed E-state index contributed by atoms with van der Waals surface area (Å²) in [6, 6.07) is 8.76. The Morgan fingerprint density at radius 1 is 1.11 bits per heavy atom. The van der Waals surface area contributed by atoms with Crippen molar-refractivity contribution in [3.05, 3.63) is 35.4 Å². The fourth-order valence-electron chi connectivity index (χ4n) is 3.82. The van der Waals surface area contributed by atoms with Gasteiger partial charge in [-0.15, -0.1) is 0 Å². The minimum atomic E-state index is 0.0203. The number of piperidine rings is 1. The molecule has 2 fully saturated rings. The summed E-state index contributed by atoms with van der Waals surface area (Å²) in [5.74, 6) is 0.416. The summed E-state index contributed by atoms with van der Waals surface area (Å²) in [5.41, 5.74) is 1.48. The van der Waals surface area contributed by atoms with Crippen molar-refractivity contribution in [2.75, 3.05) is 0 Å². The number of amidine groups is 1. The maximum atomic E-state index is 12.5. The zero-order valence-corrected chi connectivity index (χ0v) is 10.7. The van der Waals surface area contributed by atoms with Gasteiger partial charge in [-0.05, 0) is 31.7 Å². The van der Waals surface area contributed by atoms with Crippen LogP contribution in [0.25, 0.3) is 0 Å². The molecule has 2 N–H and O–H groups in total. The van der Waals surface area contributed by atoms with E-state index in [2.05, 4.69) is 5.32 Å². The summed E-state index contributed by atoms with van der Waals surface area (Å²) >= 11 is 0. The highest BCUT2D eigenvalue weighted by Gasteiger charge is 2.42. The largest absolute Gasteiger partial charge is 0.311 e. The lowest BCUT2D eigenvalue weighted by Gasteiger charge is -2.35. The Balaban J connectivity index is 1.67. The Bertz CT molecular complexity index is 521.